The highest BCUT2D eigenvalue weighted by molar-refractivity contribution is 6.20. The zero-order valence-electron chi connectivity index (χ0n) is 17.8. The molecule has 3 aliphatic rings. The SMILES string of the molecule is CC(=O)Nc1ccc(/C(O)=C/C2=Nc3cc(N4CCOCC4)ccc3C3=NCCN23)cn1. The van der Waals surface area contributed by atoms with Crippen molar-refractivity contribution in [1.29, 1.82) is 0 Å². The molecule has 0 aliphatic carbocycles. The summed E-state index contributed by atoms with van der Waals surface area (Å²) in [4.78, 5) is 29.2. The Morgan fingerprint density at radius 2 is 2.03 bits per heavy atom. The van der Waals surface area contributed by atoms with Gasteiger partial charge < -0.3 is 25.0 Å². The number of ether oxygens (including phenoxy) is 1. The van der Waals surface area contributed by atoms with E-state index in [-0.39, 0.29) is 11.7 Å². The van der Waals surface area contributed by atoms with Gasteiger partial charge >= 0.3 is 0 Å². The molecule has 2 N–H and O–H groups in total. The quantitative estimate of drug-likeness (QED) is 0.720. The maximum absolute atomic E-state index is 11.2. The van der Waals surface area contributed by atoms with E-state index < -0.39 is 0 Å². The summed E-state index contributed by atoms with van der Waals surface area (Å²) >= 11 is 0. The number of aliphatic hydroxyl groups is 1. The molecule has 1 aromatic carbocycles. The fourth-order valence-electron chi connectivity index (χ4n) is 4.02. The summed E-state index contributed by atoms with van der Waals surface area (Å²) in [5, 5.41) is 13.4. The van der Waals surface area contributed by atoms with Gasteiger partial charge in [-0.1, -0.05) is 0 Å². The molecule has 1 fully saturated rings. The number of rotatable bonds is 4. The molecule has 3 aliphatic heterocycles. The highest BCUT2D eigenvalue weighted by atomic mass is 16.5. The number of hydrogen-bond acceptors (Lipinski definition) is 8. The maximum atomic E-state index is 11.2. The molecule has 5 rings (SSSR count). The number of aliphatic imine (C=N–C) groups is 2. The van der Waals surface area contributed by atoms with Crippen molar-refractivity contribution in [2.45, 2.75) is 6.92 Å². The lowest BCUT2D eigenvalue weighted by Gasteiger charge is -2.31. The molecule has 0 unspecified atom stereocenters. The molecule has 1 saturated heterocycles. The third-order valence-electron chi connectivity index (χ3n) is 5.58. The van der Waals surface area contributed by atoms with E-state index >= 15 is 0 Å². The summed E-state index contributed by atoms with van der Waals surface area (Å²) in [5.74, 6) is 1.79. The Balaban J connectivity index is 1.46. The van der Waals surface area contributed by atoms with Gasteiger partial charge in [-0.2, -0.15) is 0 Å². The molecule has 9 nitrogen and oxygen atoms in total. The van der Waals surface area contributed by atoms with Crippen LogP contribution in [-0.2, 0) is 9.53 Å². The first-order valence-electron chi connectivity index (χ1n) is 10.6. The molecule has 0 saturated carbocycles. The van der Waals surface area contributed by atoms with Crippen LogP contribution in [0.2, 0.25) is 0 Å². The molecule has 0 spiro atoms. The second-order valence-corrected chi connectivity index (χ2v) is 7.77. The van der Waals surface area contributed by atoms with E-state index in [1.807, 2.05) is 4.90 Å². The number of benzene rings is 1. The molecule has 32 heavy (non-hydrogen) atoms. The van der Waals surface area contributed by atoms with Gasteiger partial charge in [0.1, 0.15) is 23.2 Å². The van der Waals surface area contributed by atoms with Gasteiger partial charge in [-0.15, -0.1) is 0 Å². The van der Waals surface area contributed by atoms with E-state index in [0.717, 1.165) is 49.1 Å². The highest BCUT2D eigenvalue weighted by Gasteiger charge is 2.29. The number of carbonyl (C=O) groups is 1. The first-order chi connectivity index (χ1) is 15.6. The summed E-state index contributed by atoms with van der Waals surface area (Å²) in [6, 6.07) is 9.62. The molecule has 164 valence electrons. The standard InChI is InChI=1S/C23H24N6O3/c1-15(30)26-21-5-2-16(14-25-21)20(31)13-22-27-19-12-17(28-8-10-32-11-9-28)3-4-18(19)23-24-6-7-29(22)23/h2-5,12-14,31H,6-11H2,1H3,(H,25,26,30)/b20-13-. The normalized spacial score (nSPS) is 18.0. The van der Waals surface area contributed by atoms with E-state index in [9.17, 15) is 9.90 Å². The summed E-state index contributed by atoms with van der Waals surface area (Å²) in [6.45, 7) is 5.96. The number of anilines is 2. The number of nitrogens with one attached hydrogen (secondary N) is 1. The van der Waals surface area contributed by atoms with Crippen LogP contribution in [0.1, 0.15) is 18.1 Å². The summed E-state index contributed by atoms with van der Waals surface area (Å²) in [6.07, 6.45) is 3.16. The van der Waals surface area contributed by atoms with Crippen LogP contribution >= 0.6 is 0 Å². The van der Waals surface area contributed by atoms with Gasteiger partial charge in [0.25, 0.3) is 0 Å². The van der Waals surface area contributed by atoms with E-state index in [4.69, 9.17) is 9.73 Å². The van der Waals surface area contributed by atoms with Crippen LogP contribution < -0.4 is 10.2 Å². The van der Waals surface area contributed by atoms with E-state index in [0.29, 0.717) is 30.3 Å². The summed E-state index contributed by atoms with van der Waals surface area (Å²) in [5.41, 5.74) is 3.47. The lowest BCUT2D eigenvalue weighted by Crippen LogP contribution is -2.37. The van der Waals surface area contributed by atoms with Crippen molar-refractivity contribution in [3.63, 3.8) is 0 Å². The van der Waals surface area contributed by atoms with Crippen molar-refractivity contribution < 1.29 is 14.6 Å². The third kappa shape index (κ3) is 3.94. The van der Waals surface area contributed by atoms with Crippen LogP contribution in [0.15, 0.2) is 52.6 Å². The van der Waals surface area contributed by atoms with Crippen LogP contribution in [0.4, 0.5) is 17.2 Å². The zero-order valence-corrected chi connectivity index (χ0v) is 17.8. The molecule has 9 heteroatoms. The predicted octanol–water partition coefficient (Wildman–Crippen LogP) is 2.58. The van der Waals surface area contributed by atoms with Crippen molar-refractivity contribution in [3.8, 4) is 0 Å². The number of nitrogens with zero attached hydrogens (tertiary/aromatic N) is 5. The predicted molar refractivity (Wildman–Crippen MR) is 124 cm³/mol. The number of morpholine rings is 1. The topological polar surface area (TPSA) is 103 Å². The van der Waals surface area contributed by atoms with Crippen molar-refractivity contribution in [1.82, 2.24) is 9.88 Å². The van der Waals surface area contributed by atoms with E-state index in [2.05, 4.69) is 38.4 Å². The Bertz CT molecular complexity index is 1130. The fourth-order valence-corrected chi connectivity index (χ4v) is 4.02. The van der Waals surface area contributed by atoms with Crippen molar-refractivity contribution in [3.05, 3.63) is 53.7 Å². The first-order valence-corrected chi connectivity index (χ1v) is 10.6. The van der Waals surface area contributed by atoms with Gasteiger partial charge in [-0.05, 0) is 30.3 Å². The maximum Gasteiger partial charge on any atom is 0.222 e. The second kappa shape index (κ2) is 8.43. The molecule has 0 radical (unpaired) electrons. The molecule has 1 amide bonds. The summed E-state index contributed by atoms with van der Waals surface area (Å²) < 4.78 is 5.46. The minimum atomic E-state index is -0.197. The fraction of sp³-hybridized carbons (Fsp3) is 0.304. The summed E-state index contributed by atoms with van der Waals surface area (Å²) in [7, 11) is 0. The van der Waals surface area contributed by atoms with E-state index in [1.165, 1.54) is 13.1 Å². The number of hydrogen-bond donors (Lipinski definition) is 2. The van der Waals surface area contributed by atoms with Crippen LogP contribution in [0.3, 0.4) is 0 Å². The molecule has 0 atom stereocenters. The monoisotopic (exact) mass is 432 g/mol. The number of fused-ring (bicyclic) bond motifs is 3. The number of pyridine rings is 1. The van der Waals surface area contributed by atoms with Gasteiger partial charge in [-0.25, -0.2) is 9.98 Å². The van der Waals surface area contributed by atoms with Crippen molar-refractivity contribution >= 4 is 40.5 Å². The zero-order chi connectivity index (χ0) is 22.1. The van der Waals surface area contributed by atoms with Crippen molar-refractivity contribution in [2.24, 2.45) is 9.98 Å². The second-order valence-electron chi connectivity index (χ2n) is 7.77. The Kier molecular flexibility index (Phi) is 5.32. The first kappa shape index (κ1) is 20.2. The molecular weight excluding hydrogens is 408 g/mol. The lowest BCUT2D eigenvalue weighted by molar-refractivity contribution is -0.114. The van der Waals surface area contributed by atoms with Gasteiger partial charge in [0, 0.05) is 55.6 Å². The van der Waals surface area contributed by atoms with Crippen LogP contribution in [-0.4, -0.2) is 72.0 Å². The lowest BCUT2D eigenvalue weighted by atomic mass is 10.1. The number of aromatic nitrogens is 1. The van der Waals surface area contributed by atoms with Gasteiger partial charge in [0.05, 0.1) is 25.4 Å². The van der Waals surface area contributed by atoms with Crippen LogP contribution in [0, 0.1) is 0 Å². The largest absolute Gasteiger partial charge is 0.507 e. The minimum absolute atomic E-state index is 0.0460. The van der Waals surface area contributed by atoms with Crippen LogP contribution in [0.25, 0.3) is 5.76 Å². The average Bonchev–Trinajstić information content (AvgIpc) is 3.30. The Labute approximate surface area is 185 Å². The molecular formula is C23H24N6O3. The molecule has 4 heterocycles. The van der Waals surface area contributed by atoms with Crippen LogP contribution in [0.5, 0.6) is 0 Å². The van der Waals surface area contributed by atoms with Gasteiger partial charge in [0.2, 0.25) is 5.91 Å². The highest BCUT2D eigenvalue weighted by Crippen LogP contribution is 2.33. The molecule has 2 aromatic rings. The molecule has 0 bridgehead atoms. The Morgan fingerprint density at radius 3 is 2.78 bits per heavy atom. The smallest absolute Gasteiger partial charge is 0.222 e. The van der Waals surface area contributed by atoms with E-state index in [1.54, 1.807) is 18.2 Å². The Morgan fingerprint density at radius 1 is 1.19 bits per heavy atom. The third-order valence-corrected chi connectivity index (χ3v) is 5.58. The number of amidine groups is 2. The van der Waals surface area contributed by atoms with Gasteiger partial charge in [-0.3, -0.25) is 9.79 Å². The number of carbonyl (C=O) groups excluding carboxylic acids is 1. The number of amides is 1. The minimum Gasteiger partial charge on any atom is -0.507 e. The van der Waals surface area contributed by atoms with Gasteiger partial charge in [0.15, 0.2) is 0 Å². The Hall–Kier alpha value is -3.72. The molecule has 1 aromatic heterocycles. The number of aliphatic hydroxyl groups excluding tert-OH is 1. The average molecular weight is 432 g/mol. The van der Waals surface area contributed by atoms with Crippen molar-refractivity contribution in [2.75, 3.05) is 49.6 Å².